The number of thiophene rings is 1. The minimum absolute atomic E-state index is 0.174. The number of nitrogens with zero attached hydrogens (tertiary/aromatic N) is 2. The van der Waals surface area contributed by atoms with Crippen molar-refractivity contribution in [2.75, 3.05) is 39.3 Å². The van der Waals surface area contributed by atoms with Crippen LogP contribution in [0.2, 0.25) is 4.34 Å². The van der Waals surface area contributed by atoms with Gasteiger partial charge in [-0.3, -0.25) is 9.69 Å². The van der Waals surface area contributed by atoms with Gasteiger partial charge in [0.1, 0.15) is 0 Å². The monoisotopic (exact) mass is 327 g/mol. The fourth-order valence-electron chi connectivity index (χ4n) is 3.16. The molecule has 0 spiro atoms. The molecule has 4 nitrogen and oxygen atoms in total. The first-order valence-corrected chi connectivity index (χ1v) is 8.79. The van der Waals surface area contributed by atoms with E-state index in [-0.39, 0.29) is 5.92 Å². The zero-order chi connectivity index (χ0) is 14.8. The second kappa shape index (κ2) is 6.65. The van der Waals surface area contributed by atoms with Gasteiger partial charge in [0.05, 0.1) is 10.3 Å². The standard InChI is InChI=1S/C15H22ClN3OS/c1-11-8-17-9-13(11)15(20)19-6-4-18(5-7-19)10-12-2-3-14(16)21-12/h2-3,11,13,17H,4-10H2,1H3. The normalized spacial score (nSPS) is 27.2. The number of hydrogen-bond donors (Lipinski definition) is 1. The largest absolute Gasteiger partial charge is 0.340 e. The van der Waals surface area contributed by atoms with Crippen LogP contribution in [0.5, 0.6) is 0 Å². The van der Waals surface area contributed by atoms with Crippen molar-refractivity contribution in [3.8, 4) is 0 Å². The molecule has 0 saturated carbocycles. The van der Waals surface area contributed by atoms with Crippen molar-refractivity contribution in [2.45, 2.75) is 13.5 Å². The molecule has 0 aliphatic carbocycles. The van der Waals surface area contributed by atoms with Crippen LogP contribution in [0.15, 0.2) is 12.1 Å². The predicted octanol–water partition coefficient (Wildman–Crippen LogP) is 1.90. The molecule has 0 radical (unpaired) electrons. The van der Waals surface area contributed by atoms with Crippen LogP contribution >= 0.6 is 22.9 Å². The highest BCUT2D eigenvalue weighted by Gasteiger charge is 2.33. The third kappa shape index (κ3) is 3.59. The number of rotatable bonds is 3. The zero-order valence-corrected chi connectivity index (χ0v) is 13.9. The molecular weight excluding hydrogens is 306 g/mol. The summed E-state index contributed by atoms with van der Waals surface area (Å²) in [5.74, 6) is 0.975. The van der Waals surface area contributed by atoms with E-state index in [1.807, 2.05) is 11.0 Å². The molecule has 3 heterocycles. The molecule has 2 fully saturated rings. The average Bonchev–Trinajstić information content (AvgIpc) is 3.08. The third-order valence-corrected chi connectivity index (χ3v) is 5.74. The molecule has 2 saturated heterocycles. The van der Waals surface area contributed by atoms with E-state index in [0.29, 0.717) is 11.8 Å². The number of nitrogens with one attached hydrogen (secondary N) is 1. The molecule has 1 aromatic heterocycles. The Morgan fingerprint density at radius 2 is 2.10 bits per heavy atom. The van der Waals surface area contributed by atoms with E-state index >= 15 is 0 Å². The minimum atomic E-state index is 0.174. The molecular formula is C15H22ClN3OS. The Morgan fingerprint density at radius 3 is 2.67 bits per heavy atom. The molecule has 2 aliphatic rings. The Bertz CT molecular complexity index is 499. The molecule has 6 heteroatoms. The summed E-state index contributed by atoms with van der Waals surface area (Å²) < 4.78 is 0.849. The fraction of sp³-hybridized carbons (Fsp3) is 0.667. The van der Waals surface area contributed by atoms with Gasteiger partial charge in [-0.25, -0.2) is 0 Å². The third-order valence-electron chi connectivity index (χ3n) is 4.53. The van der Waals surface area contributed by atoms with E-state index < -0.39 is 0 Å². The van der Waals surface area contributed by atoms with Gasteiger partial charge in [-0.05, 0) is 24.6 Å². The van der Waals surface area contributed by atoms with Gasteiger partial charge in [0.25, 0.3) is 0 Å². The van der Waals surface area contributed by atoms with E-state index in [0.717, 1.165) is 50.1 Å². The number of carbonyl (C=O) groups excluding carboxylic acids is 1. The Kier molecular flexibility index (Phi) is 4.84. The molecule has 2 atom stereocenters. The van der Waals surface area contributed by atoms with Crippen molar-refractivity contribution in [3.63, 3.8) is 0 Å². The van der Waals surface area contributed by atoms with Gasteiger partial charge in [-0.15, -0.1) is 11.3 Å². The zero-order valence-electron chi connectivity index (χ0n) is 12.3. The van der Waals surface area contributed by atoms with Gasteiger partial charge in [0.2, 0.25) is 5.91 Å². The van der Waals surface area contributed by atoms with Crippen molar-refractivity contribution < 1.29 is 4.79 Å². The maximum absolute atomic E-state index is 12.5. The lowest BCUT2D eigenvalue weighted by atomic mass is 9.96. The van der Waals surface area contributed by atoms with Crippen molar-refractivity contribution in [1.82, 2.24) is 15.1 Å². The molecule has 0 bridgehead atoms. The van der Waals surface area contributed by atoms with Gasteiger partial charge in [-0.1, -0.05) is 18.5 Å². The first kappa shape index (κ1) is 15.3. The van der Waals surface area contributed by atoms with Crippen LogP contribution in [0.1, 0.15) is 11.8 Å². The van der Waals surface area contributed by atoms with Crippen LogP contribution in [-0.2, 0) is 11.3 Å². The highest BCUT2D eigenvalue weighted by atomic mass is 35.5. The Morgan fingerprint density at radius 1 is 1.33 bits per heavy atom. The number of carbonyl (C=O) groups is 1. The lowest BCUT2D eigenvalue weighted by Gasteiger charge is -2.36. The van der Waals surface area contributed by atoms with Crippen molar-refractivity contribution in [2.24, 2.45) is 11.8 Å². The first-order valence-electron chi connectivity index (χ1n) is 7.59. The molecule has 21 heavy (non-hydrogen) atoms. The molecule has 1 aromatic rings. The summed E-state index contributed by atoms with van der Waals surface area (Å²) in [6.45, 7) is 8.53. The van der Waals surface area contributed by atoms with Crippen molar-refractivity contribution >= 4 is 28.8 Å². The number of amides is 1. The van der Waals surface area contributed by atoms with Gasteiger partial charge in [0.15, 0.2) is 0 Å². The highest BCUT2D eigenvalue weighted by molar-refractivity contribution is 7.16. The maximum Gasteiger partial charge on any atom is 0.227 e. The van der Waals surface area contributed by atoms with Crippen LogP contribution < -0.4 is 5.32 Å². The SMILES string of the molecule is CC1CNCC1C(=O)N1CCN(Cc2ccc(Cl)s2)CC1. The molecule has 0 aromatic carbocycles. The summed E-state index contributed by atoms with van der Waals surface area (Å²) in [4.78, 5) is 18.3. The van der Waals surface area contributed by atoms with Crippen LogP contribution in [0.25, 0.3) is 0 Å². The van der Waals surface area contributed by atoms with E-state index in [1.165, 1.54) is 4.88 Å². The minimum Gasteiger partial charge on any atom is -0.340 e. The predicted molar refractivity (Wildman–Crippen MR) is 86.7 cm³/mol. The second-order valence-electron chi connectivity index (χ2n) is 6.05. The number of piperazine rings is 1. The van der Waals surface area contributed by atoms with Crippen LogP contribution in [-0.4, -0.2) is 55.0 Å². The summed E-state index contributed by atoms with van der Waals surface area (Å²) in [5, 5.41) is 3.32. The number of halogens is 1. The molecule has 2 aliphatic heterocycles. The van der Waals surface area contributed by atoms with Crippen LogP contribution in [0.3, 0.4) is 0 Å². The molecule has 116 valence electrons. The van der Waals surface area contributed by atoms with E-state index in [9.17, 15) is 4.79 Å². The summed E-state index contributed by atoms with van der Waals surface area (Å²) in [7, 11) is 0. The number of hydrogen-bond acceptors (Lipinski definition) is 4. The second-order valence-corrected chi connectivity index (χ2v) is 7.85. The topological polar surface area (TPSA) is 35.6 Å². The molecule has 3 rings (SSSR count). The first-order chi connectivity index (χ1) is 10.1. The van der Waals surface area contributed by atoms with Crippen LogP contribution in [0, 0.1) is 11.8 Å². The van der Waals surface area contributed by atoms with Gasteiger partial charge < -0.3 is 10.2 Å². The Balaban J connectivity index is 1.49. The Hall–Kier alpha value is -0.620. The van der Waals surface area contributed by atoms with Gasteiger partial charge >= 0.3 is 0 Å². The fourth-order valence-corrected chi connectivity index (χ4v) is 4.29. The molecule has 1 amide bonds. The van der Waals surface area contributed by atoms with Gasteiger partial charge in [0, 0.05) is 44.1 Å². The maximum atomic E-state index is 12.5. The van der Waals surface area contributed by atoms with Gasteiger partial charge in [-0.2, -0.15) is 0 Å². The van der Waals surface area contributed by atoms with Crippen molar-refractivity contribution in [1.29, 1.82) is 0 Å². The average molecular weight is 328 g/mol. The lowest BCUT2D eigenvalue weighted by molar-refractivity contribution is -0.137. The summed E-state index contributed by atoms with van der Waals surface area (Å²) in [5.41, 5.74) is 0. The highest BCUT2D eigenvalue weighted by Crippen LogP contribution is 2.24. The summed E-state index contributed by atoms with van der Waals surface area (Å²) in [6.07, 6.45) is 0. The Labute approximate surface area is 135 Å². The van der Waals surface area contributed by atoms with Crippen LogP contribution in [0.4, 0.5) is 0 Å². The quantitative estimate of drug-likeness (QED) is 0.921. The van der Waals surface area contributed by atoms with E-state index in [2.05, 4.69) is 23.2 Å². The molecule has 1 N–H and O–H groups in total. The smallest absolute Gasteiger partial charge is 0.227 e. The molecule has 2 unspecified atom stereocenters. The van der Waals surface area contributed by atoms with Crippen molar-refractivity contribution in [3.05, 3.63) is 21.3 Å². The van der Waals surface area contributed by atoms with E-state index in [4.69, 9.17) is 11.6 Å². The summed E-state index contributed by atoms with van der Waals surface area (Å²) in [6, 6.07) is 4.05. The van der Waals surface area contributed by atoms with E-state index in [1.54, 1.807) is 11.3 Å². The summed E-state index contributed by atoms with van der Waals surface area (Å²) >= 11 is 7.61. The lowest BCUT2D eigenvalue weighted by Crippen LogP contribution is -2.50.